The number of nitrogens with two attached hydrogens (primary N) is 1. The lowest BCUT2D eigenvalue weighted by Crippen LogP contribution is -2.25. The highest BCUT2D eigenvalue weighted by Gasteiger charge is 2.38. The van der Waals surface area contributed by atoms with Crippen molar-refractivity contribution in [3.63, 3.8) is 0 Å². The summed E-state index contributed by atoms with van der Waals surface area (Å²) in [4.78, 5) is 12.4. The zero-order valence-electron chi connectivity index (χ0n) is 13.9. The lowest BCUT2D eigenvalue weighted by atomic mass is 9.82. The number of phenolic OH excluding ortho intramolecular Hbond substituents is 1. The van der Waals surface area contributed by atoms with Crippen molar-refractivity contribution in [1.82, 2.24) is 0 Å². The maximum absolute atomic E-state index is 12.4. The van der Waals surface area contributed by atoms with Gasteiger partial charge < -0.3 is 25.1 Å². The summed E-state index contributed by atoms with van der Waals surface area (Å²) in [6.07, 6.45) is 0. The Morgan fingerprint density at radius 3 is 2.76 bits per heavy atom. The van der Waals surface area contributed by atoms with E-state index in [9.17, 15) is 15.2 Å². The summed E-state index contributed by atoms with van der Waals surface area (Å²) in [7, 11) is 1.40. The van der Waals surface area contributed by atoms with E-state index in [0.29, 0.717) is 0 Å². The third kappa shape index (κ3) is 3.35. The summed E-state index contributed by atoms with van der Waals surface area (Å²) in [5, 5.41) is 20.1. The molecule has 132 valence electrons. The third-order valence-corrected chi connectivity index (χ3v) is 4.01. The summed E-state index contributed by atoms with van der Waals surface area (Å²) in [6, 6.07) is 4.65. The number of phenols is 1. The molecular weight excluding hydrogens is 348 g/mol. The number of hydrogen-bond donors (Lipinski definition) is 2. The molecule has 1 heterocycles. The second kappa shape index (κ2) is 7.36. The molecule has 1 aromatic rings. The zero-order chi connectivity index (χ0) is 18.7. The van der Waals surface area contributed by atoms with E-state index in [2.05, 4.69) is 0 Å². The van der Waals surface area contributed by atoms with Crippen LogP contribution in [0.1, 0.15) is 25.3 Å². The molecule has 2 rings (SSSR count). The number of methoxy groups -OCH3 is 1. The molecule has 0 saturated carbocycles. The molecule has 8 heteroatoms. The molecule has 7 nitrogen and oxygen atoms in total. The second-order valence-electron chi connectivity index (χ2n) is 5.16. The Bertz CT molecular complexity index is 823. The fourth-order valence-corrected chi connectivity index (χ4v) is 2.86. The highest BCUT2D eigenvalue weighted by molar-refractivity contribution is 6.32. The van der Waals surface area contributed by atoms with Gasteiger partial charge in [-0.15, -0.1) is 0 Å². The minimum absolute atomic E-state index is 0.0230. The van der Waals surface area contributed by atoms with Crippen molar-refractivity contribution < 1.29 is 24.1 Å². The summed E-state index contributed by atoms with van der Waals surface area (Å²) < 4.78 is 15.4. The van der Waals surface area contributed by atoms with E-state index in [4.69, 9.17) is 31.5 Å². The number of carbonyl (C=O) groups is 1. The minimum Gasteiger partial charge on any atom is -0.507 e. The van der Waals surface area contributed by atoms with Gasteiger partial charge in [0.2, 0.25) is 5.88 Å². The number of nitrogens with zero attached hydrogens (tertiary/aromatic N) is 1. The van der Waals surface area contributed by atoms with Crippen LogP contribution in [-0.4, -0.2) is 24.8 Å². The van der Waals surface area contributed by atoms with E-state index in [1.54, 1.807) is 6.92 Å². The number of nitriles is 1. The molecule has 1 atom stereocenters. The molecule has 3 N–H and O–H groups in total. The number of aromatic hydroxyl groups is 1. The monoisotopic (exact) mass is 364 g/mol. The van der Waals surface area contributed by atoms with Gasteiger partial charge in [0.05, 0.1) is 30.2 Å². The van der Waals surface area contributed by atoms with E-state index >= 15 is 0 Å². The van der Waals surface area contributed by atoms with Gasteiger partial charge in [0, 0.05) is 11.6 Å². The fraction of sp³-hybridized carbons (Fsp3) is 0.294. The van der Waals surface area contributed by atoms with Crippen LogP contribution in [0.25, 0.3) is 0 Å². The molecular formula is C17H17ClN2O5. The normalized spacial score (nSPS) is 17.0. The number of carbonyl (C=O) groups excluding carboxylic acids is 1. The molecule has 0 spiro atoms. The van der Waals surface area contributed by atoms with Crippen molar-refractivity contribution in [1.29, 1.82) is 5.26 Å². The van der Waals surface area contributed by atoms with Crippen LogP contribution in [0.4, 0.5) is 0 Å². The van der Waals surface area contributed by atoms with Crippen LogP contribution in [0.2, 0.25) is 5.02 Å². The SMILES string of the molecule is CCOC(=O)C1=C(C)OC(N)=C(C#N)C1c1cc(Cl)c(OC)cc1O. The Balaban J connectivity index is 2.71. The first kappa shape index (κ1) is 18.5. The van der Waals surface area contributed by atoms with Gasteiger partial charge in [-0.1, -0.05) is 11.6 Å². The summed E-state index contributed by atoms with van der Waals surface area (Å²) in [5.41, 5.74) is 6.07. The van der Waals surface area contributed by atoms with Crippen molar-refractivity contribution in [3.05, 3.63) is 45.5 Å². The maximum atomic E-state index is 12.4. The van der Waals surface area contributed by atoms with E-state index < -0.39 is 11.9 Å². The smallest absolute Gasteiger partial charge is 0.338 e. The van der Waals surface area contributed by atoms with Gasteiger partial charge in [0.1, 0.15) is 28.9 Å². The number of hydrogen-bond acceptors (Lipinski definition) is 7. The topological polar surface area (TPSA) is 115 Å². The van der Waals surface area contributed by atoms with Crippen LogP contribution in [0, 0.1) is 11.3 Å². The third-order valence-electron chi connectivity index (χ3n) is 3.71. The van der Waals surface area contributed by atoms with Gasteiger partial charge in [-0.25, -0.2) is 4.79 Å². The van der Waals surface area contributed by atoms with Crippen LogP contribution in [0.3, 0.4) is 0 Å². The minimum atomic E-state index is -0.971. The predicted octanol–water partition coefficient (Wildman–Crippen LogP) is 2.70. The van der Waals surface area contributed by atoms with E-state index in [0.717, 1.165) is 0 Å². The van der Waals surface area contributed by atoms with Crippen molar-refractivity contribution in [2.24, 2.45) is 5.73 Å². The highest BCUT2D eigenvalue weighted by atomic mass is 35.5. The molecule has 0 aromatic heterocycles. The molecule has 25 heavy (non-hydrogen) atoms. The first-order valence-electron chi connectivity index (χ1n) is 7.37. The number of halogens is 1. The number of rotatable bonds is 4. The Labute approximate surface area is 149 Å². The van der Waals surface area contributed by atoms with Gasteiger partial charge >= 0.3 is 5.97 Å². The molecule has 0 bridgehead atoms. The highest BCUT2D eigenvalue weighted by Crippen LogP contribution is 2.45. The number of esters is 1. The molecule has 0 aliphatic carbocycles. The predicted molar refractivity (Wildman–Crippen MR) is 89.7 cm³/mol. The lowest BCUT2D eigenvalue weighted by molar-refractivity contribution is -0.139. The number of benzene rings is 1. The molecule has 0 fully saturated rings. The molecule has 1 aliphatic rings. The Kier molecular flexibility index (Phi) is 5.45. The first-order valence-corrected chi connectivity index (χ1v) is 7.75. The molecule has 0 saturated heterocycles. The standard InChI is InChI=1S/C17H17ClN2O5/c1-4-24-17(22)14-8(2)25-16(20)10(7-19)15(14)9-5-11(18)13(23-3)6-12(9)21/h5-6,15,21H,4,20H2,1-3H3. The Hall–Kier alpha value is -2.85. The summed E-state index contributed by atoms with van der Waals surface area (Å²) >= 11 is 6.14. The van der Waals surface area contributed by atoms with Crippen LogP contribution < -0.4 is 10.5 Å². The van der Waals surface area contributed by atoms with Gasteiger partial charge in [0.25, 0.3) is 0 Å². The quantitative estimate of drug-likeness (QED) is 0.789. The molecule has 0 radical (unpaired) electrons. The summed E-state index contributed by atoms with van der Waals surface area (Å²) in [6.45, 7) is 3.32. The fourth-order valence-electron chi connectivity index (χ4n) is 2.61. The Morgan fingerprint density at radius 1 is 1.52 bits per heavy atom. The van der Waals surface area contributed by atoms with E-state index in [1.807, 2.05) is 6.07 Å². The lowest BCUT2D eigenvalue weighted by Gasteiger charge is -2.27. The molecule has 1 unspecified atom stereocenters. The molecule has 1 aliphatic heterocycles. The van der Waals surface area contributed by atoms with Crippen molar-refractivity contribution >= 4 is 17.6 Å². The molecule has 1 aromatic carbocycles. The van der Waals surface area contributed by atoms with E-state index in [-0.39, 0.29) is 51.5 Å². The largest absolute Gasteiger partial charge is 0.507 e. The number of allylic oxidation sites excluding steroid dienone is 2. The Morgan fingerprint density at radius 2 is 2.20 bits per heavy atom. The molecule has 0 amide bonds. The van der Waals surface area contributed by atoms with E-state index in [1.165, 1.54) is 26.2 Å². The van der Waals surface area contributed by atoms with Gasteiger partial charge in [-0.3, -0.25) is 0 Å². The van der Waals surface area contributed by atoms with Gasteiger partial charge in [-0.2, -0.15) is 5.26 Å². The van der Waals surface area contributed by atoms with Crippen molar-refractivity contribution in [2.45, 2.75) is 19.8 Å². The van der Waals surface area contributed by atoms with Crippen molar-refractivity contribution in [2.75, 3.05) is 13.7 Å². The average molecular weight is 365 g/mol. The first-order chi connectivity index (χ1) is 11.8. The van der Waals surface area contributed by atoms with Crippen LogP contribution in [-0.2, 0) is 14.3 Å². The van der Waals surface area contributed by atoms with Crippen LogP contribution >= 0.6 is 11.6 Å². The van der Waals surface area contributed by atoms with Crippen molar-refractivity contribution in [3.8, 4) is 17.6 Å². The second-order valence-corrected chi connectivity index (χ2v) is 5.57. The zero-order valence-corrected chi connectivity index (χ0v) is 14.7. The van der Waals surface area contributed by atoms with Crippen LogP contribution in [0.5, 0.6) is 11.5 Å². The average Bonchev–Trinajstić information content (AvgIpc) is 2.56. The summed E-state index contributed by atoms with van der Waals surface area (Å²) in [5.74, 6) is -1.56. The van der Waals surface area contributed by atoms with Crippen LogP contribution in [0.15, 0.2) is 34.9 Å². The number of ether oxygens (including phenoxy) is 3. The van der Waals surface area contributed by atoms with Gasteiger partial charge in [-0.05, 0) is 19.9 Å². The maximum Gasteiger partial charge on any atom is 0.338 e. The van der Waals surface area contributed by atoms with Gasteiger partial charge in [0.15, 0.2) is 0 Å².